The van der Waals surface area contributed by atoms with E-state index in [9.17, 15) is 4.79 Å². The molecule has 0 radical (unpaired) electrons. The Balaban J connectivity index is 1.37. The number of carbonyl (C=O) groups is 1. The zero-order chi connectivity index (χ0) is 23.4. The van der Waals surface area contributed by atoms with Gasteiger partial charge in [-0.2, -0.15) is 0 Å². The van der Waals surface area contributed by atoms with Crippen molar-refractivity contribution in [1.29, 1.82) is 0 Å². The average molecular weight is 466 g/mol. The quantitative estimate of drug-likeness (QED) is 0.588. The van der Waals surface area contributed by atoms with Crippen LogP contribution in [0, 0.1) is 13.8 Å². The van der Waals surface area contributed by atoms with E-state index in [1.165, 1.54) is 0 Å². The van der Waals surface area contributed by atoms with E-state index < -0.39 is 0 Å². The number of nitrogens with one attached hydrogen (secondary N) is 1. The predicted octanol–water partition coefficient (Wildman–Crippen LogP) is 4.18. The second-order valence-corrected chi connectivity index (χ2v) is 8.73. The summed E-state index contributed by atoms with van der Waals surface area (Å²) in [6, 6.07) is 15.2. The van der Waals surface area contributed by atoms with Crippen molar-refractivity contribution < 1.29 is 9.53 Å². The second kappa shape index (κ2) is 10.2. The summed E-state index contributed by atoms with van der Waals surface area (Å²) in [6.45, 7) is 7.66. The number of aromatic nitrogens is 2. The Kier molecular flexibility index (Phi) is 7.11. The molecule has 1 saturated heterocycles. The lowest BCUT2D eigenvalue weighted by atomic mass is 10.1. The van der Waals surface area contributed by atoms with Crippen molar-refractivity contribution in [1.82, 2.24) is 15.1 Å². The lowest BCUT2D eigenvalue weighted by Crippen LogP contribution is -2.44. The van der Waals surface area contributed by atoms with Crippen LogP contribution in [0.2, 0.25) is 5.02 Å². The van der Waals surface area contributed by atoms with Gasteiger partial charge in [-0.05, 0) is 68.4 Å². The minimum Gasteiger partial charge on any atom is -0.484 e. The lowest BCUT2D eigenvalue weighted by Gasteiger charge is -2.32. The number of likely N-dealkylation sites (N-methyl/N-ethyl adjacent to an activating group) is 1. The number of piperazine rings is 1. The van der Waals surface area contributed by atoms with Gasteiger partial charge in [0.05, 0.1) is 5.69 Å². The second-order valence-electron chi connectivity index (χ2n) is 8.36. The minimum absolute atomic E-state index is 0.0930. The molecule has 1 aromatic heterocycles. The Labute approximate surface area is 199 Å². The van der Waals surface area contributed by atoms with Crippen LogP contribution in [0.15, 0.2) is 48.5 Å². The molecule has 1 N–H and O–H groups in total. The number of rotatable bonds is 6. The Morgan fingerprint density at radius 2 is 1.76 bits per heavy atom. The number of hydrogen-bond acceptors (Lipinski definition) is 6. The molecule has 0 unspecified atom stereocenters. The summed E-state index contributed by atoms with van der Waals surface area (Å²) in [5.74, 6) is 1.27. The van der Waals surface area contributed by atoms with Crippen LogP contribution < -0.4 is 15.0 Å². The molecule has 1 aliphatic heterocycles. The Morgan fingerprint density at radius 3 is 2.42 bits per heavy atom. The van der Waals surface area contributed by atoms with Crippen LogP contribution in [0.5, 0.6) is 5.75 Å². The normalized spacial score (nSPS) is 14.2. The summed E-state index contributed by atoms with van der Waals surface area (Å²) in [5, 5.41) is 12.4. The van der Waals surface area contributed by atoms with Gasteiger partial charge in [0.15, 0.2) is 12.4 Å². The molecule has 1 aliphatic rings. The van der Waals surface area contributed by atoms with E-state index in [2.05, 4.69) is 32.4 Å². The average Bonchev–Trinajstić information content (AvgIpc) is 2.82. The molecule has 8 heteroatoms. The van der Waals surface area contributed by atoms with Crippen LogP contribution in [-0.2, 0) is 4.79 Å². The molecule has 1 fully saturated rings. The molecule has 172 valence electrons. The van der Waals surface area contributed by atoms with Gasteiger partial charge in [-0.15, -0.1) is 10.2 Å². The summed E-state index contributed by atoms with van der Waals surface area (Å²) in [6.07, 6.45) is 0. The predicted molar refractivity (Wildman–Crippen MR) is 132 cm³/mol. The van der Waals surface area contributed by atoms with Crippen LogP contribution in [-0.4, -0.2) is 60.8 Å². The summed E-state index contributed by atoms with van der Waals surface area (Å²) in [4.78, 5) is 17.0. The fourth-order valence-electron chi connectivity index (χ4n) is 3.78. The van der Waals surface area contributed by atoms with Crippen LogP contribution in [0.1, 0.15) is 11.1 Å². The van der Waals surface area contributed by atoms with Crippen LogP contribution in [0.3, 0.4) is 0 Å². The lowest BCUT2D eigenvalue weighted by molar-refractivity contribution is -0.118. The number of nitrogens with zero attached hydrogens (tertiary/aromatic N) is 4. The van der Waals surface area contributed by atoms with Gasteiger partial charge in [0.2, 0.25) is 0 Å². The van der Waals surface area contributed by atoms with Crippen molar-refractivity contribution in [2.24, 2.45) is 0 Å². The van der Waals surface area contributed by atoms with E-state index in [4.69, 9.17) is 16.3 Å². The Morgan fingerprint density at radius 1 is 1.03 bits per heavy atom. The van der Waals surface area contributed by atoms with E-state index in [0.29, 0.717) is 16.5 Å². The molecule has 2 aromatic carbocycles. The Bertz CT molecular complexity index is 1100. The van der Waals surface area contributed by atoms with Gasteiger partial charge in [-0.3, -0.25) is 4.79 Å². The third-order valence-corrected chi connectivity index (χ3v) is 6.30. The number of aryl methyl sites for hydroxylation is 2. The monoisotopic (exact) mass is 465 g/mol. The third kappa shape index (κ3) is 5.80. The van der Waals surface area contributed by atoms with Crippen molar-refractivity contribution in [3.8, 4) is 17.0 Å². The zero-order valence-electron chi connectivity index (χ0n) is 19.1. The van der Waals surface area contributed by atoms with Gasteiger partial charge < -0.3 is 19.9 Å². The number of carbonyl (C=O) groups excluding carboxylic acids is 1. The molecule has 7 nitrogen and oxygen atoms in total. The van der Waals surface area contributed by atoms with E-state index >= 15 is 0 Å². The van der Waals surface area contributed by atoms with Gasteiger partial charge in [0.1, 0.15) is 5.75 Å². The number of benzene rings is 2. The number of amides is 1. The first-order chi connectivity index (χ1) is 15.9. The maximum absolute atomic E-state index is 12.4. The van der Waals surface area contributed by atoms with Gasteiger partial charge in [0.25, 0.3) is 5.91 Å². The number of hydrogen-bond donors (Lipinski definition) is 1. The zero-order valence-corrected chi connectivity index (χ0v) is 19.9. The standard InChI is InChI=1S/C25H28ClN5O2/c1-17-13-21(14-18(2)25(17)26)33-16-24(32)27-20-6-4-5-19(15-20)22-7-8-23(29-28-22)31-11-9-30(3)10-12-31/h4-8,13-15H,9-12,16H2,1-3H3,(H,27,32). The highest BCUT2D eigenvalue weighted by atomic mass is 35.5. The van der Waals surface area contributed by atoms with Gasteiger partial charge in [0, 0.05) is 42.5 Å². The van der Waals surface area contributed by atoms with Crippen LogP contribution in [0.4, 0.5) is 11.5 Å². The van der Waals surface area contributed by atoms with Gasteiger partial charge in [-0.1, -0.05) is 23.7 Å². The van der Waals surface area contributed by atoms with Crippen molar-refractivity contribution >= 4 is 29.0 Å². The number of ether oxygens (including phenoxy) is 1. The fourth-order valence-corrected chi connectivity index (χ4v) is 3.88. The maximum Gasteiger partial charge on any atom is 0.262 e. The molecular formula is C25H28ClN5O2. The molecule has 4 rings (SSSR count). The summed E-state index contributed by atoms with van der Waals surface area (Å²) < 4.78 is 5.65. The number of halogens is 1. The molecule has 3 aromatic rings. The topological polar surface area (TPSA) is 70.6 Å². The van der Waals surface area contributed by atoms with Gasteiger partial charge in [-0.25, -0.2) is 0 Å². The first-order valence-electron chi connectivity index (χ1n) is 11.0. The number of anilines is 2. The van der Waals surface area contributed by atoms with Crippen LogP contribution in [0.25, 0.3) is 11.3 Å². The third-order valence-electron chi connectivity index (χ3n) is 5.70. The van der Waals surface area contributed by atoms with Gasteiger partial charge >= 0.3 is 0 Å². The van der Waals surface area contributed by atoms with Crippen molar-refractivity contribution in [3.05, 3.63) is 64.7 Å². The van der Waals surface area contributed by atoms with Crippen LogP contribution >= 0.6 is 11.6 Å². The maximum atomic E-state index is 12.4. The molecular weight excluding hydrogens is 438 g/mol. The van der Waals surface area contributed by atoms with E-state index in [1.54, 1.807) is 0 Å². The molecule has 33 heavy (non-hydrogen) atoms. The van der Waals surface area contributed by atoms with Crippen molar-refractivity contribution in [2.45, 2.75) is 13.8 Å². The molecule has 0 spiro atoms. The summed E-state index contributed by atoms with van der Waals surface area (Å²) >= 11 is 6.19. The SMILES string of the molecule is Cc1cc(OCC(=O)Nc2cccc(-c3ccc(N4CCN(C)CC4)nn3)c2)cc(C)c1Cl. The minimum atomic E-state index is -0.242. The molecule has 0 atom stereocenters. The van der Waals surface area contributed by atoms with E-state index in [-0.39, 0.29) is 12.5 Å². The highest BCUT2D eigenvalue weighted by Gasteiger charge is 2.16. The fraction of sp³-hybridized carbons (Fsp3) is 0.320. The first kappa shape index (κ1) is 23.0. The molecule has 0 bridgehead atoms. The van der Waals surface area contributed by atoms with E-state index in [0.717, 1.165) is 54.4 Å². The molecule has 1 amide bonds. The summed E-state index contributed by atoms with van der Waals surface area (Å²) in [7, 11) is 2.13. The largest absolute Gasteiger partial charge is 0.484 e. The van der Waals surface area contributed by atoms with E-state index in [1.807, 2.05) is 62.4 Å². The van der Waals surface area contributed by atoms with Crippen molar-refractivity contribution in [3.63, 3.8) is 0 Å². The highest BCUT2D eigenvalue weighted by molar-refractivity contribution is 6.32. The smallest absolute Gasteiger partial charge is 0.262 e. The summed E-state index contributed by atoms with van der Waals surface area (Å²) in [5.41, 5.74) is 4.15. The highest BCUT2D eigenvalue weighted by Crippen LogP contribution is 2.26. The molecule has 0 saturated carbocycles. The first-order valence-corrected chi connectivity index (χ1v) is 11.3. The Hall–Kier alpha value is -3.16. The molecule has 2 heterocycles. The van der Waals surface area contributed by atoms with Crippen molar-refractivity contribution in [2.75, 3.05) is 50.1 Å². The molecule has 0 aliphatic carbocycles.